The first kappa shape index (κ1) is 13.7. The summed E-state index contributed by atoms with van der Waals surface area (Å²) >= 11 is 11.7. The lowest BCUT2D eigenvalue weighted by Crippen LogP contribution is -2.12. The highest BCUT2D eigenvalue weighted by Gasteiger charge is 2.12. The molecule has 2 aromatic rings. The minimum Gasteiger partial charge on any atom is -0.506 e. The number of rotatable bonds is 2. The lowest BCUT2D eigenvalue weighted by molar-refractivity contribution is 0.102. The van der Waals surface area contributed by atoms with Crippen molar-refractivity contribution in [2.75, 3.05) is 5.32 Å². The Morgan fingerprint density at radius 2 is 1.89 bits per heavy atom. The third-order valence-corrected chi connectivity index (χ3v) is 3.12. The van der Waals surface area contributed by atoms with Crippen LogP contribution in [0.2, 0.25) is 10.0 Å². The van der Waals surface area contributed by atoms with Crippen LogP contribution in [0.4, 0.5) is 5.69 Å². The van der Waals surface area contributed by atoms with Gasteiger partial charge >= 0.3 is 0 Å². The predicted octanol–water partition coefficient (Wildman–Crippen LogP) is 4.26. The third-order valence-electron chi connectivity index (χ3n) is 2.58. The van der Waals surface area contributed by atoms with Crippen LogP contribution in [-0.4, -0.2) is 11.0 Å². The quantitative estimate of drug-likeness (QED) is 0.813. The van der Waals surface area contributed by atoms with Crippen molar-refractivity contribution in [3.8, 4) is 5.75 Å². The molecular formula is C14H11Cl2NO2. The van der Waals surface area contributed by atoms with Crippen LogP contribution in [-0.2, 0) is 0 Å². The fraction of sp³-hybridized carbons (Fsp3) is 0.0714. The van der Waals surface area contributed by atoms with E-state index >= 15 is 0 Å². The second-order valence-electron chi connectivity index (χ2n) is 4.10. The highest BCUT2D eigenvalue weighted by molar-refractivity contribution is 6.37. The molecule has 0 unspecified atom stereocenters. The Morgan fingerprint density at radius 1 is 1.16 bits per heavy atom. The average molecular weight is 296 g/mol. The number of carbonyl (C=O) groups is 1. The molecule has 0 aromatic heterocycles. The predicted molar refractivity (Wildman–Crippen MR) is 77.3 cm³/mol. The van der Waals surface area contributed by atoms with E-state index < -0.39 is 5.91 Å². The number of aromatic hydroxyl groups is 1. The van der Waals surface area contributed by atoms with Crippen LogP contribution in [0.5, 0.6) is 5.75 Å². The number of amides is 1. The van der Waals surface area contributed by atoms with E-state index in [9.17, 15) is 9.90 Å². The number of carbonyl (C=O) groups excluding carboxylic acids is 1. The second-order valence-corrected chi connectivity index (χ2v) is 4.94. The zero-order valence-corrected chi connectivity index (χ0v) is 11.6. The number of hydrogen-bond acceptors (Lipinski definition) is 2. The summed E-state index contributed by atoms with van der Waals surface area (Å²) in [5.41, 5.74) is 1.53. The minimum absolute atomic E-state index is 0.0124. The summed E-state index contributed by atoms with van der Waals surface area (Å²) in [6, 6.07) is 9.60. The smallest absolute Gasteiger partial charge is 0.257 e. The zero-order chi connectivity index (χ0) is 14.0. The summed E-state index contributed by atoms with van der Waals surface area (Å²) in [6.07, 6.45) is 0. The van der Waals surface area contributed by atoms with Crippen molar-refractivity contribution in [2.45, 2.75) is 6.92 Å². The van der Waals surface area contributed by atoms with Gasteiger partial charge in [-0.15, -0.1) is 0 Å². The van der Waals surface area contributed by atoms with Gasteiger partial charge in [-0.25, -0.2) is 0 Å². The Labute approximate surface area is 120 Å². The first-order valence-corrected chi connectivity index (χ1v) is 6.29. The molecule has 0 spiro atoms. The lowest BCUT2D eigenvalue weighted by atomic mass is 10.2. The summed E-state index contributed by atoms with van der Waals surface area (Å²) in [5.74, 6) is -0.390. The van der Waals surface area contributed by atoms with Crippen molar-refractivity contribution in [3.63, 3.8) is 0 Å². The van der Waals surface area contributed by atoms with Crippen molar-refractivity contribution >= 4 is 34.8 Å². The maximum absolute atomic E-state index is 12.0. The summed E-state index contributed by atoms with van der Waals surface area (Å²) in [6.45, 7) is 1.85. The number of benzene rings is 2. The van der Waals surface area contributed by atoms with E-state index in [-0.39, 0.29) is 10.8 Å². The Morgan fingerprint density at radius 3 is 2.53 bits per heavy atom. The SMILES string of the molecule is Cc1ccc(NC(=O)c2ccc(Cl)cc2Cl)c(O)c1. The Hall–Kier alpha value is -1.71. The number of halogens is 2. The van der Waals surface area contributed by atoms with Gasteiger partial charge in [0.1, 0.15) is 5.75 Å². The summed E-state index contributed by atoms with van der Waals surface area (Å²) in [4.78, 5) is 12.0. The van der Waals surface area contributed by atoms with Gasteiger partial charge in [0.15, 0.2) is 0 Å². The molecule has 0 atom stereocenters. The van der Waals surface area contributed by atoms with Crippen LogP contribution < -0.4 is 5.32 Å². The van der Waals surface area contributed by atoms with E-state index in [1.807, 2.05) is 6.92 Å². The monoisotopic (exact) mass is 295 g/mol. The number of nitrogens with one attached hydrogen (secondary N) is 1. The van der Waals surface area contributed by atoms with Gasteiger partial charge in [-0.1, -0.05) is 29.3 Å². The van der Waals surface area contributed by atoms with E-state index in [1.54, 1.807) is 24.3 Å². The standard InChI is InChI=1S/C14H11Cl2NO2/c1-8-2-5-12(13(18)6-8)17-14(19)10-4-3-9(15)7-11(10)16/h2-7,18H,1H3,(H,17,19). The van der Waals surface area contributed by atoms with E-state index in [0.717, 1.165) is 5.56 Å². The molecule has 0 aliphatic carbocycles. The molecule has 98 valence electrons. The maximum Gasteiger partial charge on any atom is 0.257 e. The molecule has 0 saturated carbocycles. The zero-order valence-electron chi connectivity index (χ0n) is 10.1. The van der Waals surface area contributed by atoms with Crippen molar-refractivity contribution < 1.29 is 9.90 Å². The van der Waals surface area contributed by atoms with Gasteiger partial charge in [0, 0.05) is 5.02 Å². The van der Waals surface area contributed by atoms with Crippen LogP contribution in [0.25, 0.3) is 0 Å². The first-order chi connectivity index (χ1) is 8.97. The number of phenolic OH excluding ortho intramolecular Hbond substituents is 1. The van der Waals surface area contributed by atoms with Crippen LogP contribution >= 0.6 is 23.2 Å². The normalized spacial score (nSPS) is 10.3. The highest BCUT2D eigenvalue weighted by atomic mass is 35.5. The molecule has 0 saturated heterocycles. The second kappa shape index (κ2) is 5.51. The Balaban J connectivity index is 2.25. The van der Waals surface area contributed by atoms with Gasteiger partial charge in [-0.2, -0.15) is 0 Å². The first-order valence-electron chi connectivity index (χ1n) is 5.53. The van der Waals surface area contributed by atoms with Crippen molar-refractivity contribution in [2.24, 2.45) is 0 Å². The summed E-state index contributed by atoms with van der Waals surface area (Å²) in [7, 11) is 0. The third kappa shape index (κ3) is 3.19. The molecule has 5 heteroatoms. The molecule has 0 aliphatic heterocycles. The Kier molecular flexibility index (Phi) is 3.98. The summed E-state index contributed by atoms with van der Waals surface area (Å²) in [5, 5.41) is 13.0. The molecule has 2 N–H and O–H groups in total. The number of phenols is 1. The van der Waals surface area contributed by atoms with Gasteiger partial charge in [0.25, 0.3) is 5.91 Å². The van der Waals surface area contributed by atoms with E-state index in [1.165, 1.54) is 12.1 Å². The van der Waals surface area contributed by atoms with Gasteiger partial charge in [0.05, 0.1) is 16.3 Å². The fourth-order valence-corrected chi connectivity index (χ4v) is 2.10. The van der Waals surface area contributed by atoms with Crippen LogP contribution in [0, 0.1) is 6.92 Å². The van der Waals surface area contributed by atoms with E-state index in [2.05, 4.69) is 5.32 Å². The molecule has 0 heterocycles. The van der Waals surface area contributed by atoms with Crippen LogP contribution in [0.1, 0.15) is 15.9 Å². The lowest BCUT2D eigenvalue weighted by Gasteiger charge is -2.09. The van der Waals surface area contributed by atoms with Crippen molar-refractivity contribution in [3.05, 3.63) is 57.6 Å². The number of hydrogen-bond donors (Lipinski definition) is 2. The molecule has 0 bridgehead atoms. The average Bonchev–Trinajstić information content (AvgIpc) is 2.32. The molecule has 19 heavy (non-hydrogen) atoms. The largest absolute Gasteiger partial charge is 0.506 e. The molecule has 0 fully saturated rings. The van der Waals surface area contributed by atoms with Crippen LogP contribution in [0.15, 0.2) is 36.4 Å². The van der Waals surface area contributed by atoms with Gasteiger partial charge < -0.3 is 10.4 Å². The molecule has 0 radical (unpaired) electrons. The Bertz CT molecular complexity index is 641. The topological polar surface area (TPSA) is 49.3 Å². The minimum atomic E-state index is -0.402. The number of aryl methyl sites for hydroxylation is 1. The molecule has 2 aromatic carbocycles. The fourth-order valence-electron chi connectivity index (χ4n) is 1.61. The molecule has 1 amide bonds. The number of anilines is 1. The van der Waals surface area contributed by atoms with Gasteiger partial charge in [-0.3, -0.25) is 4.79 Å². The molecular weight excluding hydrogens is 285 g/mol. The molecule has 3 nitrogen and oxygen atoms in total. The van der Waals surface area contributed by atoms with Crippen LogP contribution in [0.3, 0.4) is 0 Å². The highest BCUT2D eigenvalue weighted by Crippen LogP contribution is 2.26. The van der Waals surface area contributed by atoms with Gasteiger partial charge in [-0.05, 0) is 42.8 Å². The molecule has 2 rings (SSSR count). The van der Waals surface area contributed by atoms with Gasteiger partial charge in [0.2, 0.25) is 0 Å². The van der Waals surface area contributed by atoms with Crippen molar-refractivity contribution in [1.82, 2.24) is 0 Å². The molecule has 0 aliphatic rings. The summed E-state index contributed by atoms with van der Waals surface area (Å²) < 4.78 is 0. The van der Waals surface area contributed by atoms with Crippen molar-refractivity contribution in [1.29, 1.82) is 0 Å². The maximum atomic E-state index is 12.0. The van der Waals surface area contributed by atoms with E-state index in [4.69, 9.17) is 23.2 Å². The van der Waals surface area contributed by atoms with E-state index in [0.29, 0.717) is 16.3 Å².